The van der Waals surface area contributed by atoms with Gasteiger partial charge in [-0.25, -0.2) is 4.98 Å². The molecule has 0 saturated heterocycles. The lowest BCUT2D eigenvalue weighted by Gasteiger charge is -2.24. The molecule has 2 heterocycles. The predicted octanol–water partition coefficient (Wildman–Crippen LogP) is 3.44. The number of oxazole rings is 1. The standard InChI is InChI=1S/C20H21N3O5/c1-3-27-20-17(26-2)8-9-18(22-20)23(12-16-11-21-13-28-16)15-6-4-14(5-7-15)10-19(24)25/h4-9,11,13H,3,10,12H2,1-2H3,(H,24,25). The van der Waals surface area contributed by atoms with Crippen LogP contribution in [0.15, 0.2) is 53.4 Å². The van der Waals surface area contributed by atoms with Gasteiger partial charge in [0.25, 0.3) is 5.88 Å². The zero-order chi connectivity index (χ0) is 19.9. The molecule has 0 aliphatic carbocycles. The Kier molecular flexibility index (Phi) is 6.11. The van der Waals surface area contributed by atoms with Crippen LogP contribution in [-0.2, 0) is 17.8 Å². The van der Waals surface area contributed by atoms with Gasteiger partial charge in [0.15, 0.2) is 12.1 Å². The van der Waals surface area contributed by atoms with Crippen molar-refractivity contribution in [1.82, 2.24) is 9.97 Å². The Morgan fingerprint density at radius 3 is 2.61 bits per heavy atom. The molecule has 0 fully saturated rings. The number of ether oxygens (including phenoxy) is 2. The third-order valence-electron chi connectivity index (χ3n) is 3.99. The quantitative estimate of drug-likeness (QED) is 0.600. The molecule has 0 unspecified atom stereocenters. The smallest absolute Gasteiger partial charge is 0.307 e. The number of carbonyl (C=O) groups is 1. The molecule has 0 aliphatic heterocycles. The number of aromatic nitrogens is 2. The van der Waals surface area contributed by atoms with Crippen molar-refractivity contribution < 1.29 is 23.8 Å². The summed E-state index contributed by atoms with van der Waals surface area (Å²) in [6.07, 6.45) is 2.98. The van der Waals surface area contributed by atoms with E-state index in [1.54, 1.807) is 31.5 Å². The van der Waals surface area contributed by atoms with E-state index >= 15 is 0 Å². The van der Waals surface area contributed by atoms with Crippen LogP contribution in [0.1, 0.15) is 18.2 Å². The number of pyridine rings is 1. The minimum Gasteiger partial charge on any atom is -0.491 e. The first-order valence-electron chi connectivity index (χ1n) is 8.74. The maximum absolute atomic E-state index is 10.9. The van der Waals surface area contributed by atoms with Crippen molar-refractivity contribution in [2.75, 3.05) is 18.6 Å². The number of carboxylic acids is 1. The first-order chi connectivity index (χ1) is 13.6. The van der Waals surface area contributed by atoms with Crippen molar-refractivity contribution in [3.8, 4) is 11.6 Å². The van der Waals surface area contributed by atoms with Crippen molar-refractivity contribution in [1.29, 1.82) is 0 Å². The highest BCUT2D eigenvalue weighted by Gasteiger charge is 2.17. The van der Waals surface area contributed by atoms with Crippen LogP contribution < -0.4 is 14.4 Å². The number of hydrogen-bond acceptors (Lipinski definition) is 7. The zero-order valence-electron chi connectivity index (χ0n) is 15.7. The largest absolute Gasteiger partial charge is 0.491 e. The molecule has 3 aromatic rings. The van der Waals surface area contributed by atoms with Gasteiger partial charge in [0, 0.05) is 5.69 Å². The van der Waals surface area contributed by atoms with E-state index in [9.17, 15) is 4.79 Å². The first kappa shape index (κ1) is 19.2. The second-order valence-electron chi connectivity index (χ2n) is 5.90. The molecule has 0 bridgehead atoms. The van der Waals surface area contributed by atoms with Crippen LogP contribution in [0.4, 0.5) is 11.5 Å². The van der Waals surface area contributed by atoms with Crippen LogP contribution in [0.5, 0.6) is 11.6 Å². The second kappa shape index (κ2) is 8.90. The number of benzene rings is 1. The molecule has 8 heteroatoms. The highest BCUT2D eigenvalue weighted by Crippen LogP contribution is 2.32. The molecule has 0 atom stereocenters. The molecule has 0 amide bonds. The predicted molar refractivity (Wildman–Crippen MR) is 102 cm³/mol. The Morgan fingerprint density at radius 2 is 2.00 bits per heavy atom. The average molecular weight is 383 g/mol. The van der Waals surface area contributed by atoms with Crippen molar-refractivity contribution in [2.24, 2.45) is 0 Å². The van der Waals surface area contributed by atoms with E-state index in [1.807, 2.05) is 30.0 Å². The van der Waals surface area contributed by atoms with Crippen LogP contribution >= 0.6 is 0 Å². The molecule has 3 rings (SSSR count). The molecule has 8 nitrogen and oxygen atoms in total. The van der Waals surface area contributed by atoms with E-state index in [1.165, 1.54) is 6.39 Å². The van der Waals surface area contributed by atoms with Crippen LogP contribution in [0.25, 0.3) is 0 Å². The summed E-state index contributed by atoms with van der Waals surface area (Å²) in [4.78, 5) is 21.4. The first-order valence-corrected chi connectivity index (χ1v) is 8.74. The van der Waals surface area contributed by atoms with Gasteiger partial charge in [0.2, 0.25) is 0 Å². The van der Waals surface area contributed by atoms with E-state index in [0.717, 1.165) is 5.69 Å². The summed E-state index contributed by atoms with van der Waals surface area (Å²) in [6, 6.07) is 10.9. The number of aliphatic carboxylic acids is 1. The Morgan fingerprint density at radius 1 is 1.21 bits per heavy atom. The second-order valence-corrected chi connectivity index (χ2v) is 5.90. The Labute approximate surface area is 162 Å². The number of hydrogen-bond donors (Lipinski definition) is 1. The fourth-order valence-electron chi connectivity index (χ4n) is 2.71. The maximum atomic E-state index is 10.9. The average Bonchev–Trinajstić information content (AvgIpc) is 3.20. The monoisotopic (exact) mass is 383 g/mol. The molecule has 28 heavy (non-hydrogen) atoms. The van der Waals surface area contributed by atoms with Gasteiger partial charge in [-0.05, 0) is 36.8 Å². The summed E-state index contributed by atoms with van der Waals surface area (Å²) in [5, 5.41) is 8.96. The highest BCUT2D eigenvalue weighted by atomic mass is 16.5. The van der Waals surface area contributed by atoms with E-state index < -0.39 is 5.97 Å². The summed E-state index contributed by atoms with van der Waals surface area (Å²) >= 11 is 0. The number of carboxylic acid groups (broad SMARTS) is 1. The van der Waals surface area contributed by atoms with Gasteiger partial charge in [0.1, 0.15) is 11.6 Å². The van der Waals surface area contributed by atoms with E-state index in [-0.39, 0.29) is 6.42 Å². The van der Waals surface area contributed by atoms with Crippen molar-refractivity contribution in [3.05, 3.63) is 60.3 Å². The summed E-state index contributed by atoms with van der Waals surface area (Å²) in [7, 11) is 1.56. The van der Waals surface area contributed by atoms with Gasteiger partial charge in [-0.2, -0.15) is 4.98 Å². The molecule has 0 saturated carbocycles. The van der Waals surface area contributed by atoms with Crippen molar-refractivity contribution in [2.45, 2.75) is 19.9 Å². The summed E-state index contributed by atoms with van der Waals surface area (Å²) in [6.45, 7) is 2.73. The lowest BCUT2D eigenvalue weighted by Crippen LogP contribution is -2.18. The topological polar surface area (TPSA) is 97.9 Å². The minimum atomic E-state index is -0.871. The summed E-state index contributed by atoms with van der Waals surface area (Å²) in [5.41, 5.74) is 1.54. The van der Waals surface area contributed by atoms with Crippen LogP contribution in [0.3, 0.4) is 0 Å². The SMILES string of the molecule is CCOc1nc(N(Cc2cnco2)c2ccc(CC(=O)O)cc2)ccc1OC. The summed E-state index contributed by atoms with van der Waals surface area (Å²) in [5.74, 6) is 1.36. The van der Waals surface area contributed by atoms with Gasteiger partial charge in [-0.15, -0.1) is 0 Å². The molecule has 2 aromatic heterocycles. The van der Waals surface area contributed by atoms with Gasteiger partial charge in [-0.3, -0.25) is 4.79 Å². The fourth-order valence-corrected chi connectivity index (χ4v) is 2.71. The van der Waals surface area contributed by atoms with Crippen LogP contribution in [-0.4, -0.2) is 34.8 Å². The number of anilines is 2. The third kappa shape index (κ3) is 4.59. The van der Waals surface area contributed by atoms with Crippen molar-refractivity contribution >= 4 is 17.5 Å². The lowest BCUT2D eigenvalue weighted by molar-refractivity contribution is -0.136. The number of nitrogens with zero attached hydrogens (tertiary/aromatic N) is 3. The molecule has 0 radical (unpaired) electrons. The van der Waals surface area contributed by atoms with Crippen LogP contribution in [0, 0.1) is 0 Å². The van der Waals surface area contributed by atoms with E-state index in [4.69, 9.17) is 19.0 Å². The Hall–Kier alpha value is -3.55. The maximum Gasteiger partial charge on any atom is 0.307 e. The molecular formula is C20H21N3O5. The number of rotatable bonds is 9. The van der Waals surface area contributed by atoms with Crippen LogP contribution in [0.2, 0.25) is 0 Å². The summed E-state index contributed by atoms with van der Waals surface area (Å²) < 4.78 is 16.3. The number of methoxy groups -OCH3 is 1. The normalized spacial score (nSPS) is 10.5. The molecule has 1 N–H and O–H groups in total. The molecule has 1 aromatic carbocycles. The van der Waals surface area contributed by atoms with Gasteiger partial charge in [0.05, 0.1) is 32.9 Å². The third-order valence-corrected chi connectivity index (χ3v) is 3.99. The Bertz CT molecular complexity index is 910. The molecule has 0 spiro atoms. The molecule has 146 valence electrons. The zero-order valence-corrected chi connectivity index (χ0v) is 15.7. The minimum absolute atomic E-state index is 0.0301. The van der Waals surface area contributed by atoms with Gasteiger partial charge in [-0.1, -0.05) is 12.1 Å². The van der Waals surface area contributed by atoms with E-state index in [0.29, 0.717) is 41.9 Å². The molecular weight excluding hydrogens is 362 g/mol. The van der Waals surface area contributed by atoms with Gasteiger partial charge < -0.3 is 23.9 Å². The van der Waals surface area contributed by atoms with E-state index in [2.05, 4.69) is 9.97 Å². The fraction of sp³-hybridized carbons (Fsp3) is 0.250. The van der Waals surface area contributed by atoms with Gasteiger partial charge >= 0.3 is 5.97 Å². The van der Waals surface area contributed by atoms with Crippen molar-refractivity contribution in [3.63, 3.8) is 0 Å². The highest BCUT2D eigenvalue weighted by molar-refractivity contribution is 5.71. The lowest BCUT2D eigenvalue weighted by atomic mass is 10.1. The Balaban J connectivity index is 1.97. The molecule has 0 aliphatic rings.